The number of carbonyl (C=O) groups is 1. The molecule has 1 amide bonds. The van der Waals surface area contributed by atoms with Crippen molar-refractivity contribution in [3.63, 3.8) is 0 Å². The van der Waals surface area contributed by atoms with Crippen molar-refractivity contribution in [2.75, 3.05) is 12.0 Å². The lowest BCUT2D eigenvalue weighted by atomic mass is 10.3. The highest BCUT2D eigenvalue weighted by Gasteiger charge is 2.07. The first-order chi connectivity index (χ1) is 9.11. The third-order valence-electron chi connectivity index (χ3n) is 2.73. The second-order valence-corrected chi connectivity index (χ2v) is 4.23. The maximum absolute atomic E-state index is 11.5. The topological polar surface area (TPSA) is 71.8 Å². The number of hydrogen-bond donors (Lipinski definition) is 2. The van der Waals surface area contributed by atoms with Gasteiger partial charge < -0.3 is 5.32 Å². The van der Waals surface area contributed by atoms with Crippen molar-refractivity contribution >= 4 is 11.7 Å². The van der Waals surface area contributed by atoms with Crippen LogP contribution in [0.4, 0.5) is 5.82 Å². The van der Waals surface area contributed by atoms with Crippen LogP contribution in [0.15, 0.2) is 24.3 Å². The molecule has 100 valence electrons. The van der Waals surface area contributed by atoms with Gasteiger partial charge in [-0.15, -0.1) is 10.2 Å². The van der Waals surface area contributed by atoms with Crippen LogP contribution in [0.25, 0.3) is 0 Å². The minimum Gasteiger partial charge on any atom is -0.351 e. The largest absolute Gasteiger partial charge is 0.351 e. The lowest BCUT2D eigenvalue weighted by Gasteiger charge is -2.11. The minimum atomic E-state index is -0.213. The average molecular weight is 259 g/mol. The summed E-state index contributed by atoms with van der Waals surface area (Å²) >= 11 is 0. The molecule has 0 fully saturated rings. The van der Waals surface area contributed by atoms with Crippen molar-refractivity contribution in [3.8, 4) is 0 Å². The molecule has 0 aromatic carbocycles. The highest BCUT2D eigenvalue weighted by atomic mass is 16.1. The first-order valence-electron chi connectivity index (χ1n) is 6.15. The molecule has 0 bridgehead atoms. The third kappa shape index (κ3) is 2.90. The fourth-order valence-corrected chi connectivity index (χ4v) is 1.72. The number of hydrogen-bond acceptors (Lipinski definition) is 4. The van der Waals surface area contributed by atoms with Crippen molar-refractivity contribution in [3.05, 3.63) is 41.3 Å². The van der Waals surface area contributed by atoms with E-state index in [1.807, 2.05) is 37.6 Å². The monoisotopic (exact) mass is 259 g/mol. The predicted octanol–water partition coefficient (Wildman–Crippen LogP) is 1.52. The first-order valence-corrected chi connectivity index (χ1v) is 6.15. The van der Waals surface area contributed by atoms with Crippen LogP contribution in [-0.4, -0.2) is 27.3 Å². The number of amides is 1. The summed E-state index contributed by atoms with van der Waals surface area (Å²) in [6.07, 6.45) is 0. The van der Waals surface area contributed by atoms with Gasteiger partial charge in [-0.25, -0.2) is 0 Å². The molecule has 0 spiro atoms. The quantitative estimate of drug-likeness (QED) is 0.873. The summed E-state index contributed by atoms with van der Waals surface area (Å²) < 4.78 is 1.91. The number of rotatable bonds is 4. The zero-order valence-corrected chi connectivity index (χ0v) is 11.3. The van der Waals surface area contributed by atoms with Gasteiger partial charge in [-0.3, -0.25) is 14.9 Å². The fourth-order valence-electron chi connectivity index (χ4n) is 1.72. The molecule has 0 aliphatic heterocycles. The van der Waals surface area contributed by atoms with E-state index in [0.29, 0.717) is 18.1 Å². The Morgan fingerprint density at radius 3 is 2.37 bits per heavy atom. The Kier molecular flexibility index (Phi) is 3.79. The maximum Gasteiger partial charge on any atom is 0.271 e. The Balaban J connectivity index is 2.13. The molecule has 2 rings (SSSR count). The summed E-state index contributed by atoms with van der Waals surface area (Å²) in [4.78, 5) is 11.5. The van der Waals surface area contributed by atoms with Gasteiger partial charge in [0.2, 0.25) is 0 Å². The van der Waals surface area contributed by atoms with Crippen LogP contribution in [-0.2, 0) is 0 Å². The van der Waals surface area contributed by atoms with E-state index in [1.165, 1.54) is 0 Å². The zero-order chi connectivity index (χ0) is 13.8. The van der Waals surface area contributed by atoms with E-state index in [0.717, 1.165) is 11.4 Å². The molecule has 0 atom stereocenters. The molecule has 2 aromatic rings. The van der Waals surface area contributed by atoms with Crippen molar-refractivity contribution in [1.82, 2.24) is 20.2 Å². The summed E-state index contributed by atoms with van der Waals surface area (Å²) in [5.41, 5.74) is 5.60. The molecular weight excluding hydrogens is 242 g/mol. The molecule has 2 aromatic heterocycles. The van der Waals surface area contributed by atoms with E-state index < -0.39 is 0 Å². The van der Waals surface area contributed by atoms with E-state index in [2.05, 4.69) is 20.9 Å². The molecule has 0 radical (unpaired) electrons. The third-order valence-corrected chi connectivity index (χ3v) is 2.73. The Labute approximate surface area is 111 Å². The van der Waals surface area contributed by atoms with E-state index >= 15 is 0 Å². The highest BCUT2D eigenvalue weighted by Crippen LogP contribution is 2.09. The summed E-state index contributed by atoms with van der Waals surface area (Å²) in [7, 11) is 0. The summed E-state index contributed by atoms with van der Waals surface area (Å²) in [6, 6.07) is 7.41. The Morgan fingerprint density at radius 1 is 1.16 bits per heavy atom. The second kappa shape index (κ2) is 5.51. The molecule has 0 aliphatic carbocycles. The molecule has 0 saturated carbocycles. The molecule has 19 heavy (non-hydrogen) atoms. The van der Waals surface area contributed by atoms with E-state index in [1.54, 1.807) is 12.1 Å². The van der Waals surface area contributed by atoms with Crippen LogP contribution in [0.1, 0.15) is 28.8 Å². The number of carbonyl (C=O) groups excluding carboxylic acids is 1. The van der Waals surface area contributed by atoms with Crippen LogP contribution < -0.4 is 10.7 Å². The molecule has 0 aliphatic rings. The van der Waals surface area contributed by atoms with Gasteiger partial charge in [-0.2, -0.15) is 0 Å². The molecule has 2 N–H and O–H groups in total. The van der Waals surface area contributed by atoms with Crippen LogP contribution in [0, 0.1) is 13.8 Å². The standard InChI is InChI=1S/C13H17N5O/c1-4-14-13(19)11-7-8-12(16-15-11)17-18-9(2)5-6-10(18)3/h5-8H,4H2,1-3H3,(H,14,19)(H,16,17). The molecule has 0 unspecified atom stereocenters. The number of nitrogens with one attached hydrogen (secondary N) is 2. The van der Waals surface area contributed by atoms with Gasteiger partial charge in [-0.1, -0.05) is 0 Å². The van der Waals surface area contributed by atoms with E-state index in [-0.39, 0.29) is 5.91 Å². The van der Waals surface area contributed by atoms with Crippen molar-refractivity contribution in [2.24, 2.45) is 0 Å². The first kappa shape index (κ1) is 13.1. The van der Waals surface area contributed by atoms with Gasteiger partial charge >= 0.3 is 0 Å². The molecule has 6 heteroatoms. The van der Waals surface area contributed by atoms with Crippen molar-refractivity contribution in [2.45, 2.75) is 20.8 Å². The van der Waals surface area contributed by atoms with Crippen LogP contribution in [0.3, 0.4) is 0 Å². The lowest BCUT2D eigenvalue weighted by molar-refractivity contribution is 0.0950. The maximum atomic E-state index is 11.5. The van der Waals surface area contributed by atoms with Gasteiger partial charge in [-0.05, 0) is 45.0 Å². The van der Waals surface area contributed by atoms with Crippen LogP contribution in [0.2, 0.25) is 0 Å². The van der Waals surface area contributed by atoms with Crippen molar-refractivity contribution < 1.29 is 4.79 Å². The summed E-state index contributed by atoms with van der Waals surface area (Å²) in [5, 5.41) is 10.6. The van der Waals surface area contributed by atoms with E-state index in [9.17, 15) is 4.79 Å². The average Bonchev–Trinajstić information content (AvgIpc) is 2.72. The van der Waals surface area contributed by atoms with Gasteiger partial charge in [0.15, 0.2) is 11.5 Å². The smallest absolute Gasteiger partial charge is 0.271 e. The number of nitrogens with zero attached hydrogens (tertiary/aromatic N) is 3. The highest BCUT2D eigenvalue weighted by molar-refractivity contribution is 5.92. The summed E-state index contributed by atoms with van der Waals surface area (Å²) in [5.74, 6) is 0.380. The Morgan fingerprint density at radius 2 is 1.84 bits per heavy atom. The Bertz CT molecular complexity index is 554. The molecule has 6 nitrogen and oxygen atoms in total. The molecular formula is C13H17N5O. The minimum absolute atomic E-state index is 0.213. The zero-order valence-electron chi connectivity index (χ0n) is 11.3. The van der Waals surface area contributed by atoms with Gasteiger partial charge in [0.1, 0.15) is 0 Å². The van der Waals surface area contributed by atoms with Crippen LogP contribution in [0.5, 0.6) is 0 Å². The predicted molar refractivity (Wildman–Crippen MR) is 73.0 cm³/mol. The van der Waals surface area contributed by atoms with Gasteiger partial charge in [0.05, 0.1) is 0 Å². The SMILES string of the molecule is CCNC(=O)c1ccc(Nn2c(C)ccc2C)nn1. The number of aromatic nitrogens is 3. The second-order valence-electron chi connectivity index (χ2n) is 4.23. The van der Waals surface area contributed by atoms with Crippen LogP contribution >= 0.6 is 0 Å². The summed E-state index contributed by atoms with van der Waals surface area (Å²) in [6.45, 7) is 6.42. The number of aryl methyl sites for hydroxylation is 2. The van der Waals surface area contributed by atoms with Gasteiger partial charge in [0, 0.05) is 17.9 Å². The molecule has 2 heterocycles. The normalized spacial score (nSPS) is 10.3. The van der Waals surface area contributed by atoms with Crippen molar-refractivity contribution in [1.29, 1.82) is 0 Å². The Hall–Kier alpha value is -2.37. The van der Waals surface area contributed by atoms with Gasteiger partial charge in [0.25, 0.3) is 5.91 Å². The van der Waals surface area contributed by atoms with E-state index in [4.69, 9.17) is 0 Å². The fraction of sp³-hybridized carbons (Fsp3) is 0.308. The lowest BCUT2D eigenvalue weighted by Crippen LogP contribution is -2.24. The number of anilines is 1. The molecule has 0 saturated heterocycles.